The van der Waals surface area contributed by atoms with Crippen LogP contribution in [0.5, 0.6) is 0 Å². The fraction of sp³-hybridized carbons (Fsp3) is 0.571. The van der Waals surface area contributed by atoms with Gasteiger partial charge in [-0.25, -0.2) is 13.1 Å². The number of aliphatic hydroxyl groups excluding tert-OH is 1. The first kappa shape index (κ1) is 17.4. The molecule has 0 saturated carbocycles. The van der Waals surface area contributed by atoms with E-state index in [2.05, 4.69) is 4.72 Å². The van der Waals surface area contributed by atoms with Crippen LogP contribution >= 0.6 is 11.6 Å². The molecular formula is C14H22ClNO3S. The highest BCUT2D eigenvalue weighted by atomic mass is 35.5. The highest BCUT2D eigenvalue weighted by molar-refractivity contribution is 7.89. The number of halogens is 1. The maximum atomic E-state index is 12.4. The Hall–Kier alpha value is -0.620. The van der Waals surface area contributed by atoms with Crippen molar-refractivity contribution in [2.75, 3.05) is 0 Å². The minimum atomic E-state index is -3.69. The van der Waals surface area contributed by atoms with Gasteiger partial charge in [-0.15, -0.1) is 0 Å². The molecule has 0 aliphatic carbocycles. The van der Waals surface area contributed by atoms with Gasteiger partial charge in [-0.2, -0.15) is 0 Å². The van der Waals surface area contributed by atoms with Crippen molar-refractivity contribution in [2.24, 2.45) is 5.92 Å². The highest BCUT2D eigenvalue weighted by Gasteiger charge is 2.28. The highest BCUT2D eigenvalue weighted by Crippen LogP contribution is 2.19. The lowest BCUT2D eigenvalue weighted by atomic mass is 9.94. The van der Waals surface area contributed by atoms with Gasteiger partial charge in [-0.3, -0.25) is 0 Å². The first-order valence-corrected chi connectivity index (χ1v) is 8.63. The van der Waals surface area contributed by atoms with Gasteiger partial charge in [0.1, 0.15) is 0 Å². The third kappa shape index (κ3) is 4.45. The molecule has 0 aliphatic rings. The molecule has 0 aromatic heterocycles. The van der Waals surface area contributed by atoms with Gasteiger partial charge in [0.05, 0.1) is 17.0 Å². The Labute approximate surface area is 126 Å². The maximum Gasteiger partial charge on any atom is 0.240 e. The van der Waals surface area contributed by atoms with Gasteiger partial charge in [0.15, 0.2) is 0 Å². The summed E-state index contributed by atoms with van der Waals surface area (Å²) in [6.45, 7) is 5.71. The Bertz CT molecular complexity index is 523. The molecule has 2 N–H and O–H groups in total. The molecule has 1 rings (SSSR count). The average molecular weight is 320 g/mol. The van der Waals surface area contributed by atoms with E-state index in [1.54, 1.807) is 12.1 Å². The molecular weight excluding hydrogens is 298 g/mol. The summed E-state index contributed by atoms with van der Waals surface area (Å²) in [6.07, 6.45) is 0.561. The molecule has 0 bridgehead atoms. The van der Waals surface area contributed by atoms with Crippen LogP contribution in [0.15, 0.2) is 29.2 Å². The number of hydrogen-bond donors (Lipinski definition) is 2. The lowest BCUT2D eigenvalue weighted by Crippen LogP contribution is -2.47. The maximum absolute atomic E-state index is 12.4. The van der Waals surface area contributed by atoms with Crippen molar-refractivity contribution < 1.29 is 13.5 Å². The molecule has 1 aromatic rings. The summed E-state index contributed by atoms with van der Waals surface area (Å²) in [7, 11) is -3.69. The molecule has 0 spiro atoms. The fourth-order valence-corrected chi connectivity index (χ4v) is 3.64. The SMILES string of the molecule is CCC(O)[C@@H](NS(=O)(=O)c1cccc(Cl)c1)[C@@H](C)CC. The van der Waals surface area contributed by atoms with E-state index >= 15 is 0 Å². The molecule has 0 saturated heterocycles. The first-order valence-electron chi connectivity index (χ1n) is 6.77. The van der Waals surface area contributed by atoms with Crippen molar-refractivity contribution in [1.82, 2.24) is 4.72 Å². The Morgan fingerprint density at radius 2 is 1.95 bits per heavy atom. The number of nitrogens with one attached hydrogen (secondary N) is 1. The van der Waals surface area contributed by atoms with Crippen LogP contribution in [-0.4, -0.2) is 25.7 Å². The number of sulfonamides is 1. The van der Waals surface area contributed by atoms with Crippen LogP contribution in [0, 0.1) is 5.92 Å². The van der Waals surface area contributed by atoms with Crippen molar-refractivity contribution in [3.63, 3.8) is 0 Å². The van der Waals surface area contributed by atoms with Gasteiger partial charge in [0.25, 0.3) is 0 Å². The second-order valence-electron chi connectivity index (χ2n) is 4.97. The largest absolute Gasteiger partial charge is 0.391 e. The second kappa shape index (κ2) is 7.41. The Balaban J connectivity index is 3.03. The third-order valence-electron chi connectivity index (χ3n) is 3.49. The van der Waals surface area contributed by atoms with E-state index in [1.165, 1.54) is 12.1 Å². The molecule has 1 unspecified atom stereocenters. The van der Waals surface area contributed by atoms with E-state index in [1.807, 2.05) is 20.8 Å². The smallest absolute Gasteiger partial charge is 0.240 e. The van der Waals surface area contributed by atoms with E-state index in [4.69, 9.17) is 11.6 Å². The van der Waals surface area contributed by atoms with Gasteiger partial charge >= 0.3 is 0 Å². The fourth-order valence-electron chi connectivity index (χ4n) is 1.96. The molecule has 0 heterocycles. The van der Waals surface area contributed by atoms with E-state index in [9.17, 15) is 13.5 Å². The summed E-state index contributed by atoms with van der Waals surface area (Å²) in [5.74, 6) is 0.0407. The first-order chi connectivity index (χ1) is 9.31. The van der Waals surface area contributed by atoms with Crippen LogP contribution in [0.3, 0.4) is 0 Å². The van der Waals surface area contributed by atoms with Crippen LogP contribution in [0.4, 0.5) is 0 Å². The van der Waals surface area contributed by atoms with Crippen LogP contribution in [0.2, 0.25) is 5.02 Å². The van der Waals surface area contributed by atoms with Gasteiger partial charge in [0, 0.05) is 5.02 Å². The minimum absolute atomic E-state index is 0.0407. The molecule has 20 heavy (non-hydrogen) atoms. The zero-order valence-electron chi connectivity index (χ0n) is 12.0. The Kier molecular flexibility index (Phi) is 6.45. The predicted molar refractivity (Wildman–Crippen MR) is 81.3 cm³/mol. The molecule has 0 radical (unpaired) electrons. The lowest BCUT2D eigenvalue weighted by Gasteiger charge is -2.28. The summed E-state index contributed by atoms with van der Waals surface area (Å²) in [5, 5.41) is 10.4. The van der Waals surface area contributed by atoms with E-state index in [0.717, 1.165) is 6.42 Å². The van der Waals surface area contributed by atoms with Gasteiger partial charge in [0.2, 0.25) is 10.0 Å². The normalized spacial score (nSPS) is 16.6. The Morgan fingerprint density at radius 1 is 1.30 bits per heavy atom. The summed E-state index contributed by atoms with van der Waals surface area (Å²) >= 11 is 5.83. The number of rotatable bonds is 7. The lowest BCUT2D eigenvalue weighted by molar-refractivity contribution is 0.107. The standard InChI is InChI=1S/C14H22ClNO3S/c1-4-10(3)14(13(17)5-2)16-20(18,19)12-8-6-7-11(15)9-12/h6-10,13-14,16-17H,4-5H2,1-3H3/t10-,13?,14-/m0/s1. The van der Waals surface area contributed by atoms with Crippen LogP contribution in [0.25, 0.3) is 0 Å². The van der Waals surface area contributed by atoms with Crippen LogP contribution in [0.1, 0.15) is 33.6 Å². The molecule has 0 aliphatic heterocycles. The quantitative estimate of drug-likeness (QED) is 0.812. The number of aliphatic hydroxyl groups is 1. The zero-order chi connectivity index (χ0) is 15.3. The van der Waals surface area contributed by atoms with Crippen molar-refractivity contribution in [3.05, 3.63) is 29.3 Å². The van der Waals surface area contributed by atoms with Crippen molar-refractivity contribution in [3.8, 4) is 0 Å². The van der Waals surface area contributed by atoms with E-state index in [0.29, 0.717) is 11.4 Å². The van der Waals surface area contributed by atoms with Crippen molar-refractivity contribution in [2.45, 2.75) is 50.7 Å². The molecule has 1 aromatic carbocycles. The molecule has 3 atom stereocenters. The summed E-state index contributed by atoms with van der Waals surface area (Å²) in [5.41, 5.74) is 0. The van der Waals surface area contributed by atoms with Gasteiger partial charge < -0.3 is 5.11 Å². The van der Waals surface area contributed by atoms with Crippen LogP contribution in [-0.2, 0) is 10.0 Å². The second-order valence-corrected chi connectivity index (χ2v) is 7.12. The number of hydrogen-bond acceptors (Lipinski definition) is 3. The summed E-state index contributed by atoms with van der Waals surface area (Å²) < 4.78 is 27.3. The van der Waals surface area contributed by atoms with E-state index in [-0.39, 0.29) is 10.8 Å². The molecule has 0 fully saturated rings. The molecule has 0 amide bonds. The third-order valence-corrected chi connectivity index (χ3v) is 5.18. The zero-order valence-corrected chi connectivity index (χ0v) is 13.6. The van der Waals surface area contributed by atoms with Crippen LogP contribution < -0.4 is 4.72 Å². The summed E-state index contributed by atoms with van der Waals surface area (Å²) in [6, 6.07) is 5.59. The predicted octanol–water partition coefficient (Wildman–Crippen LogP) is 2.80. The van der Waals surface area contributed by atoms with Gasteiger partial charge in [-0.1, -0.05) is 44.9 Å². The minimum Gasteiger partial charge on any atom is -0.391 e. The molecule has 114 valence electrons. The topological polar surface area (TPSA) is 66.4 Å². The van der Waals surface area contributed by atoms with Crippen molar-refractivity contribution in [1.29, 1.82) is 0 Å². The summed E-state index contributed by atoms with van der Waals surface area (Å²) in [4.78, 5) is 0.113. The molecule has 6 heteroatoms. The molecule has 4 nitrogen and oxygen atoms in total. The number of benzene rings is 1. The average Bonchev–Trinajstić information content (AvgIpc) is 2.43. The Morgan fingerprint density at radius 3 is 2.45 bits per heavy atom. The monoisotopic (exact) mass is 319 g/mol. The van der Waals surface area contributed by atoms with E-state index < -0.39 is 22.2 Å². The van der Waals surface area contributed by atoms with Gasteiger partial charge in [-0.05, 0) is 30.5 Å². The van der Waals surface area contributed by atoms with Crippen molar-refractivity contribution >= 4 is 21.6 Å².